The topological polar surface area (TPSA) is 118 Å². The Morgan fingerprint density at radius 3 is 2.25 bits per heavy atom. The van der Waals surface area contributed by atoms with E-state index in [1.165, 1.54) is 19.2 Å². The lowest BCUT2D eigenvalue weighted by Crippen LogP contribution is -2.36. The second-order valence-electron chi connectivity index (χ2n) is 7.41. The summed E-state index contributed by atoms with van der Waals surface area (Å²) >= 11 is 0. The molecule has 3 N–H and O–H groups in total. The molecule has 1 amide bonds. The standard InChI is InChI=1S/C24H23NO7/c1-30-23(28)21-11-10-20(32-21)22(27)19(26)12-25-24(29)31-13-18-16-8-4-2-6-14(16)15-7-3-5-9-17(15)18/h2-11,18-19,22,26-27H,12-13H2,1H3,(H,25,29). The SMILES string of the molecule is COC(=O)c1ccc(C(O)C(O)CNC(=O)OCC2c3ccccc3-c3ccccc32)o1. The molecule has 0 saturated heterocycles. The zero-order valence-corrected chi connectivity index (χ0v) is 17.4. The zero-order valence-electron chi connectivity index (χ0n) is 17.4. The van der Waals surface area contributed by atoms with Gasteiger partial charge in [-0.2, -0.15) is 0 Å². The molecule has 0 spiro atoms. The summed E-state index contributed by atoms with van der Waals surface area (Å²) in [5.74, 6) is -0.899. The molecule has 32 heavy (non-hydrogen) atoms. The van der Waals surface area contributed by atoms with Gasteiger partial charge in [0.15, 0.2) is 0 Å². The Bertz CT molecular complexity index is 1080. The van der Waals surface area contributed by atoms with Gasteiger partial charge in [0.2, 0.25) is 5.76 Å². The first-order valence-corrected chi connectivity index (χ1v) is 10.1. The fourth-order valence-electron chi connectivity index (χ4n) is 3.86. The number of esters is 1. The van der Waals surface area contributed by atoms with Gasteiger partial charge in [-0.05, 0) is 34.4 Å². The third-order valence-corrected chi connectivity index (χ3v) is 5.47. The monoisotopic (exact) mass is 437 g/mol. The van der Waals surface area contributed by atoms with E-state index in [1.807, 2.05) is 48.5 Å². The number of amides is 1. The van der Waals surface area contributed by atoms with Crippen LogP contribution >= 0.6 is 0 Å². The van der Waals surface area contributed by atoms with Crippen LogP contribution in [-0.4, -0.2) is 48.6 Å². The Balaban J connectivity index is 1.32. The van der Waals surface area contributed by atoms with Crippen LogP contribution in [0.25, 0.3) is 11.1 Å². The van der Waals surface area contributed by atoms with Gasteiger partial charge < -0.3 is 29.4 Å². The number of hydrogen-bond acceptors (Lipinski definition) is 7. The van der Waals surface area contributed by atoms with E-state index in [1.54, 1.807) is 0 Å². The maximum Gasteiger partial charge on any atom is 0.407 e. The normalized spacial score (nSPS) is 14.2. The predicted octanol–water partition coefficient (Wildman–Crippen LogP) is 3.00. The first kappa shape index (κ1) is 21.6. The van der Waals surface area contributed by atoms with Crippen molar-refractivity contribution < 1.29 is 33.7 Å². The minimum Gasteiger partial charge on any atom is -0.463 e. The summed E-state index contributed by atoms with van der Waals surface area (Å²) in [4.78, 5) is 23.6. The number of alkyl carbamates (subject to hydrolysis) is 1. The molecule has 0 saturated carbocycles. The lowest BCUT2D eigenvalue weighted by molar-refractivity contribution is 0.00492. The first-order valence-electron chi connectivity index (χ1n) is 10.1. The van der Waals surface area contributed by atoms with E-state index in [2.05, 4.69) is 10.1 Å². The molecular weight excluding hydrogens is 414 g/mol. The molecule has 2 aromatic carbocycles. The van der Waals surface area contributed by atoms with Crippen LogP contribution in [0.3, 0.4) is 0 Å². The molecule has 1 heterocycles. The lowest BCUT2D eigenvalue weighted by atomic mass is 9.98. The smallest absolute Gasteiger partial charge is 0.407 e. The van der Waals surface area contributed by atoms with Gasteiger partial charge in [-0.15, -0.1) is 0 Å². The van der Waals surface area contributed by atoms with Crippen molar-refractivity contribution >= 4 is 12.1 Å². The van der Waals surface area contributed by atoms with Gasteiger partial charge in [-0.3, -0.25) is 0 Å². The fraction of sp³-hybridized carbons (Fsp3) is 0.250. The van der Waals surface area contributed by atoms with Crippen molar-refractivity contribution in [1.29, 1.82) is 0 Å². The quantitative estimate of drug-likeness (QED) is 0.486. The molecule has 0 bridgehead atoms. The molecule has 166 valence electrons. The molecule has 0 fully saturated rings. The lowest BCUT2D eigenvalue weighted by Gasteiger charge is -2.18. The average molecular weight is 437 g/mol. The second kappa shape index (κ2) is 9.25. The zero-order chi connectivity index (χ0) is 22.7. The van der Waals surface area contributed by atoms with Crippen molar-refractivity contribution in [3.63, 3.8) is 0 Å². The predicted molar refractivity (Wildman–Crippen MR) is 114 cm³/mol. The number of methoxy groups -OCH3 is 1. The Kier molecular flexibility index (Phi) is 6.25. The highest BCUT2D eigenvalue weighted by Gasteiger charge is 2.29. The highest BCUT2D eigenvalue weighted by Crippen LogP contribution is 2.44. The maximum absolute atomic E-state index is 12.2. The average Bonchev–Trinajstić information content (AvgIpc) is 3.44. The maximum atomic E-state index is 12.2. The number of furan rings is 1. The summed E-state index contributed by atoms with van der Waals surface area (Å²) in [6.07, 6.45) is -3.53. The van der Waals surface area contributed by atoms with Crippen LogP contribution in [0.2, 0.25) is 0 Å². The van der Waals surface area contributed by atoms with Gasteiger partial charge in [0.05, 0.1) is 7.11 Å². The molecule has 2 atom stereocenters. The number of rotatable bonds is 7. The minimum atomic E-state index is -1.44. The number of ether oxygens (including phenoxy) is 2. The molecule has 1 aromatic heterocycles. The van der Waals surface area contributed by atoms with E-state index in [-0.39, 0.29) is 30.6 Å². The van der Waals surface area contributed by atoms with Crippen molar-refractivity contribution in [2.24, 2.45) is 0 Å². The number of aliphatic hydroxyl groups excluding tert-OH is 2. The van der Waals surface area contributed by atoms with Crippen molar-refractivity contribution in [2.45, 2.75) is 18.1 Å². The summed E-state index contributed by atoms with van der Waals surface area (Å²) in [6, 6.07) is 18.7. The van der Waals surface area contributed by atoms with Crippen LogP contribution in [0.5, 0.6) is 0 Å². The summed E-state index contributed by atoms with van der Waals surface area (Å²) < 4.78 is 15.1. The molecule has 0 radical (unpaired) electrons. The second-order valence-corrected chi connectivity index (χ2v) is 7.41. The fourth-order valence-corrected chi connectivity index (χ4v) is 3.86. The third kappa shape index (κ3) is 4.23. The number of hydrogen-bond donors (Lipinski definition) is 3. The molecule has 4 rings (SSSR count). The molecule has 8 nitrogen and oxygen atoms in total. The van der Waals surface area contributed by atoms with Gasteiger partial charge in [0.1, 0.15) is 24.6 Å². The highest BCUT2D eigenvalue weighted by atomic mass is 16.5. The van der Waals surface area contributed by atoms with Gasteiger partial charge in [-0.1, -0.05) is 48.5 Å². The van der Waals surface area contributed by atoms with Gasteiger partial charge >= 0.3 is 12.1 Å². The summed E-state index contributed by atoms with van der Waals surface area (Å²) in [6.45, 7) is -0.134. The van der Waals surface area contributed by atoms with Gasteiger partial charge in [-0.25, -0.2) is 9.59 Å². The van der Waals surface area contributed by atoms with Crippen LogP contribution in [0.4, 0.5) is 4.79 Å². The van der Waals surface area contributed by atoms with Gasteiger partial charge in [0, 0.05) is 12.5 Å². The van der Waals surface area contributed by atoms with Crippen LogP contribution < -0.4 is 5.32 Å². The number of carbonyl (C=O) groups excluding carboxylic acids is 2. The van der Waals surface area contributed by atoms with Crippen molar-refractivity contribution in [2.75, 3.05) is 20.3 Å². The van der Waals surface area contributed by atoms with Crippen LogP contribution in [0.15, 0.2) is 65.1 Å². The first-order chi connectivity index (χ1) is 15.5. The highest BCUT2D eigenvalue weighted by molar-refractivity contribution is 5.86. The van der Waals surface area contributed by atoms with E-state index in [0.717, 1.165) is 22.3 Å². The molecule has 1 aliphatic rings. The molecule has 8 heteroatoms. The molecule has 2 unspecified atom stereocenters. The summed E-state index contributed by atoms with van der Waals surface area (Å²) in [7, 11) is 1.20. The Labute approximate surface area is 184 Å². The van der Waals surface area contributed by atoms with Gasteiger partial charge in [0.25, 0.3) is 0 Å². The van der Waals surface area contributed by atoms with Crippen molar-refractivity contribution in [1.82, 2.24) is 5.32 Å². The van der Waals surface area contributed by atoms with Crippen LogP contribution in [-0.2, 0) is 9.47 Å². The van der Waals surface area contributed by atoms with E-state index in [0.29, 0.717) is 0 Å². The largest absolute Gasteiger partial charge is 0.463 e. The van der Waals surface area contributed by atoms with E-state index >= 15 is 0 Å². The minimum absolute atomic E-state index is 0.0211. The third-order valence-electron chi connectivity index (χ3n) is 5.47. The van der Waals surface area contributed by atoms with E-state index < -0.39 is 24.3 Å². The number of aliphatic hydroxyl groups is 2. The number of fused-ring (bicyclic) bond motifs is 3. The number of nitrogens with one attached hydrogen (secondary N) is 1. The molecular formula is C24H23NO7. The molecule has 1 aliphatic carbocycles. The number of benzene rings is 2. The Morgan fingerprint density at radius 2 is 1.62 bits per heavy atom. The molecule has 3 aromatic rings. The Hall–Kier alpha value is -3.62. The van der Waals surface area contributed by atoms with E-state index in [4.69, 9.17) is 9.15 Å². The Morgan fingerprint density at radius 1 is 1.00 bits per heavy atom. The van der Waals surface area contributed by atoms with Crippen LogP contribution in [0, 0.1) is 0 Å². The van der Waals surface area contributed by atoms with E-state index in [9.17, 15) is 19.8 Å². The van der Waals surface area contributed by atoms with Crippen molar-refractivity contribution in [3.05, 3.63) is 83.3 Å². The number of carbonyl (C=O) groups is 2. The van der Waals surface area contributed by atoms with Crippen LogP contribution in [0.1, 0.15) is 39.5 Å². The summed E-state index contributed by atoms with van der Waals surface area (Å²) in [5, 5.41) is 22.8. The van der Waals surface area contributed by atoms with Crippen molar-refractivity contribution in [3.8, 4) is 11.1 Å². The molecule has 0 aliphatic heterocycles. The summed E-state index contributed by atoms with van der Waals surface area (Å²) in [5.41, 5.74) is 4.44.